The van der Waals surface area contributed by atoms with Gasteiger partial charge in [0.25, 0.3) is 0 Å². The van der Waals surface area contributed by atoms with Gasteiger partial charge in [-0.2, -0.15) is 0 Å². The molecule has 0 aliphatic heterocycles. The van der Waals surface area contributed by atoms with Crippen molar-refractivity contribution in [3.63, 3.8) is 0 Å². The van der Waals surface area contributed by atoms with Crippen LogP contribution in [0.3, 0.4) is 0 Å². The minimum atomic E-state index is -0.506. The number of anilines is 1. The second-order valence-corrected chi connectivity index (χ2v) is 5.20. The van der Waals surface area contributed by atoms with Crippen molar-refractivity contribution in [3.05, 3.63) is 29.8 Å². The third-order valence-corrected chi connectivity index (χ3v) is 2.53. The highest BCUT2D eigenvalue weighted by Crippen LogP contribution is 2.19. The largest absolute Gasteiger partial charge is 0.325 e. The summed E-state index contributed by atoms with van der Waals surface area (Å²) in [7, 11) is 0. The highest BCUT2D eigenvalue weighted by molar-refractivity contribution is 5.95. The minimum absolute atomic E-state index is 0. The molecule has 1 atom stereocenters. The maximum atomic E-state index is 11.8. The van der Waals surface area contributed by atoms with Crippen molar-refractivity contribution in [3.8, 4) is 0 Å². The van der Waals surface area contributed by atoms with Crippen LogP contribution in [0.2, 0.25) is 0 Å². The van der Waals surface area contributed by atoms with Crippen LogP contribution in [0.4, 0.5) is 5.69 Å². The Bertz CT molecular complexity index is 368. The first-order valence-electron chi connectivity index (χ1n) is 5.44. The van der Waals surface area contributed by atoms with Crippen LogP contribution in [0, 0.1) is 12.3 Å². The standard InChI is InChI=1S/C13H20N2O.ClH/c1-9-5-7-10(8-6-9)15-12(16)11(14)13(2,3)4;/h5-8,11H,14H2,1-4H3,(H,15,16);1H/t11-;/m1./s1. The van der Waals surface area contributed by atoms with Crippen molar-refractivity contribution < 1.29 is 4.79 Å². The van der Waals surface area contributed by atoms with Gasteiger partial charge in [0.1, 0.15) is 0 Å². The maximum Gasteiger partial charge on any atom is 0.241 e. The molecule has 0 aromatic heterocycles. The molecule has 0 bridgehead atoms. The number of carbonyl (C=O) groups excluding carboxylic acids is 1. The van der Waals surface area contributed by atoms with Crippen molar-refractivity contribution in [2.45, 2.75) is 33.7 Å². The number of rotatable bonds is 2. The fourth-order valence-electron chi connectivity index (χ4n) is 1.25. The van der Waals surface area contributed by atoms with Crippen molar-refractivity contribution >= 4 is 24.0 Å². The van der Waals surface area contributed by atoms with Gasteiger partial charge in [-0.1, -0.05) is 38.5 Å². The molecule has 1 aromatic rings. The van der Waals surface area contributed by atoms with Crippen molar-refractivity contribution in [1.29, 1.82) is 0 Å². The number of hydrogen-bond acceptors (Lipinski definition) is 2. The van der Waals surface area contributed by atoms with E-state index < -0.39 is 6.04 Å². The van der Waals surface area contributed by atoms with Gasteiger partial charge in [0, 0.05) is 5.69 Å². The fourth-order valence-corrected chi connectivity index (χ4v) is 1.25. The highest BCUT2D eigenvalue weighted by atomic mass is 35.5. The molecule has 4 heteroatoms. The van der Waals surface area contributed by atoms with E-state index in [2.05, 4.69) is 5.32 Å². The summed E-state index contributed by atoms with van der Waals surface area (Å²) in [4.78, 5) is 11.8. The lowest BCUT2D eigenvalue weighted by atomic mass is 9.87. The average molecular weight is 257 g/mol. The monoisotopic (exact) mass is 256 g/mol. The Hall–Kier alpha value is -1.06. The molecule has 0 saturated heterocycles. The van der Waals surface area contributed by atoms with Gasteiger partial charge in [0.2, 0.25) is 5.91 Å². The SMILES string of the molecule is Cc1ccc(NC(=O)[C@@H](N)C(C)(C)C)cc1.Cl. The molecule has 0 spiro atoms. The normalized spacial score (nSPS) is 12.5. The third kappa shape index (κ3) is 4.75. The molecular weight excluding hydrogens is 236 g/mol. The Morgan fingerprint density at radius 2 is 1.71 bits per heavy atom. The minimum Gasteiger partial charge on any atom is -0.325 e. The molecule has 0 aliphatic rings. The summed E-state index contributed by atoms with van der Waals surface area (Å²) in [5.41, 5.74) is 7.58. The first-order valence-corrected chi connectivity index (χ1v) is 5.44. The van der Waals surface area contributed by atoms with Crippen molar-refractivity contribution in [2.24, 2.45) is 11.1 Å². The number of amides is 1. The number of nitrogens with one attached hydrogen (secondary N) is 1. The van der Waals surface area contributed by atoms with Gasteiger partial charge < -0.3 is 11.1 Å². The Morgan fingerprint density at radius 3 is 2.12 bits per heavy atom. The average Bonchev–Trinajstić information content (AvgIpc) is 2.19. The van der Waals surface area contributed by atoms with Crippen LogP contribution in [-0.4, -0.2) is 11.9 Å². The van der Waals surface area contributed by atoms with E-state index in [4.69, 9.17) is 5.73 Å². The molecule has 0 unspecified atom stereocenters. The second kappa shape index (κ2) is 6.03. The second-order valence-electron chi connectivity index (χ2n) is 5.20. The van der Waals surface area contributed by atoms with Gasteiger partial charge in [0.05, 0.1) is 6.04 Å². The van der Waals surface area contributed by atoms with Gasteiger partial charge in [-0.3, -0.25) is 4.79 Å². The zero-order valence-corrected chi connectivity index (χ0v) is 11.6. The van der Waals surface area contributed by atoms with E-state index in [0.29, 0.717) is 0 Å². The summed E-state index contributed by atoms with van der Waals surface area (Å²) in [5.74, 6) is -0.142. The lowest BCUT2D eigenvalue weighted by Gasteiger charge is -2.25. The number of nitrogens with two attached hydrogens (primary N) is 1. The summed E-state index contributed by atoms with van der Waals surface area (Å²) in [5, 5.41) is 2.81. The zero-order valence-electron chi connectivity index (χ0n) is 10.8. The first-order chi connectivity index (χ1) is 7.30. The van der Waals surface area contributed by atoms with Gasteiger partial charge in [-0.15, -0.1) is 12.4 Å². The van der Waals surface area contributed by atoms with Crippen LogP contribution in [0.5, 0.6) is 0 Å². The Morgan fingerprint density at radius 1 is 1.24 bits per heavy atom. The number of carbonyl (C=O) groups is 1. The topological polar surface area (TPSA) is 55.1 Å². The summed E-state index contributed by atoms with van der Waals surface area (Å²) in [6.45, 7) is 7.86. The van der Waals surface area contributed by atoms with E-state index in [1.165, 1.54) is 0 Å². The molecule has 1 rings (SSSR count). The van der Waals surface area contributed by atoms with E-state index in [1.807, 2.05) is 52.0 Å². The number of hydrogen-bond donors (Lipinski definition) is 2. The highest BCUT2D eigenvalue weighted by Gasteiger charge is 2.27. The molecule has 0 fully saturated rings. The molecule has 96 valence electrons. The van der Waals surface area contributed by atoms with Crippen molar-refractivity contribution in [1.82, 2.24) is 0 Å². The molecule has 3 nitrogen and oxygen atoms in total. The summed E-state index contributed by atoms with van der Waals surface area (Å²) in [6.07, 6.45) is 0. The van der Waals surface area contributed by atoms with Gasteiger partial charge in [-0.05, 0) is 24.5 Å². The Kier molecular flexibility index (Phi) is 5.66. The summed E-state index contributed by atoms with van der Waals surface area (Å²) >= 11 is 0. The van der Waals surface area contributed by atoms with Crippen LogP contribution < -0.4 is 11.1 Å². The number of aryl methyl sites for hydroxylation is 1. The predicted molar refractivity (Wildman–Crippen MR) is 74.5 cm³/mol. The molecule has 3 N–H and O–H groups in total. The molecule has 0 radical (unpaired) electrons. The molecule has 0 aliphatic carbocycles. The molecule has 17 heavy (non-hydrogen) atoms. The predicted octanol–water partition coefficient (Wildman–Crippen LogP) is 2.73. The smallest absolute Gasteiger partial charge is 0.241 e. The number of benzene rings is 1. The first kappa shape index (κ1) is 15.9. The Balaban J connectivity index is 0.00000256. The lowest BCUT2D eigenvalue weighted by Crippen LogP contribution is -2.45. The van der Waals surface area contributed by atoms with Crippen LogP contribution in [-0.2, 0) is 4.79 Å². The molecule has 0 heterocycles. The summed E-state index contributed by atoms with van der Waals surface area (Å²) in [6, 6.07) is 7.16. The molecule has 0 saturated carbocycles. The fraction of sp³-hybridized carbons (Fsp3) is 0.462. The molecular formula is C13H21ClN2O. The van der Waals surface area contributed by atoms with Crippen molar-refractivity contribution in [2.75, 3.05) is 5.32 Å². The van der Waals surface area contributed by atoms with Crippen LogP contribution in [0.25, 0.3) is 0 Å². The van der Waals surface area contributed by atoms with Gasteiger partial charge in [-0.25, -0.2) is 0 Å². The van der Waals surface area contributed by atoms with Crippen LogP contribution in [0.15, 0.2) is 24.3 Å². The summed E-state index contributed by atoms with van der Waals surface area (Å²) < 4.78 is 0. The third-order valence-electron chi connectivity index (χ3n) is 2.53. The zero-order chi connectivity index (χ0) is 12.3. The van der Waals surface area contributed by atoms with Crippen LogP contribution in [0.1, 0.15) is 26.3 Å². The van der Waals surface area contributed by atoms with Gasteiger partial charge >= 0.3 is 0 Å². The molecule has 1 amide bonds. The van der Waals surface area contributed by atoms with E-state index in [9.17, 15) is 4.79 Å². The molecule has 1 aromatic carbocycles. The van der Waals surface area contributed by atoms with Gasteiger partial charge in [0.15, 0.2) is 0 Å². The quantitative estimate of drug-likeness (QED) is 0.855. The van der Waals surface area contributed by atoms with E-state index >= 15 is 0 Å². The Labute approximate surface area is 109 Å². The van der Waals surface area contributed by atoms with E-state index in [-0.39, 0.29) is 23.7 Å². The lowest BCUT2D eigenvalue weighted by molar-refractivity contribution is -0.119. The van der Waals surface area contributed by atoms with E-state index in [0.717, 1.165) is 11.3 Å². The number of halogens is 1. The van der Waals surface area contributed by atoms with E-state index in [1.54, 1.807) is 0 Å². The van der Waals surface area contributed by atoms with Crippen LogP contribution >= 0.6 is 12.4 Å². The maximum absolute atomic E-state index is 11.8.